The number of fused-ring (bicyclic) bond motifs is 1. The number of hydrogen-bond acceptors (Lipinski definition) is 6. The van der Waals surface area contributed by atoms with Crippen molar-refractivity contribution >= 4 is 34.7 Å². The molecule has 30 heavy (non-hydrogen) atoms. The molecule has 1 N–H and O–H groups in total. The molecule has 2 aromatic carbocycles. The van der Waals surface area contributed by atoms with Crippen molar-refractivity contribution in [2.45, 2.75) is 0 Å². The number of imidazole rings is 1. The van der Waals surface area contributed by atoms with Gasteiger partial charge in [0.25, 0.3) is 0 Å². The minimum Gasteiger partial charge on any atom is -0.306 e. The second-order valence-corrected chi connectivity index (χ2v) is 6.87. The summed E-state index contributed by atoms with van der Waals surface area (Å²) in [6.07, 6.45) is 10.3. The summed E-state index contributed by atoms with van der Waals surface area (Å²) in [6.45, 7) is 0. The summed E-state index contributed by atoms with van der Waals surface area (Å²) < 4.78 is 3.65. The first-order chi connectivity index (χ1) is 14.8. The Labute approximate surface area is 176 Å². The molecule has 0 atom stereocenters. The van der Waals surface area contributed by atoms with Crippen LogP contribution in [0.4, 0.5) is 5.82 Å². The first kappa shape index (κ1) is 18.0. The monoisotopic (exact) mass is 414 g/mol. The number of rotatable bonds is 5. The van der Waals surface area contributed by atoms with Crippen molar-refractivity contribution in [3.8, 4) is 11.4 Å². The number of benzene rings is 2. The van der Waals surface area contributed by atoms with Crippen LogP contribution in [0.1, 0.15) is 5.56 Å². The Morgan fingerprint density at radius 3 is 2.80 bits per heavy atom. The van der Waals surface area contributed by atoms with Crippen molar-refractivity contribution in [3.63, 3.8) is 0 Å². The summed E-state index contributed by atoms with van der Waals surface area (Å²) in [4.78, 5) is 12.7. The van der Waals surface area contributed by atoms with Gasteiger partial charge < -0.3 is 4.57 Å². The molecule has 0 saturated carbocycles. The van der Waals surface area contributed by atoms with Crippen LogP contribution in [0.25, 0.3) is 22.4 Å². The Morgan fingerprint density at radius 2 is 1.93 bits per heavy atom. The lowest BCUT2D eigenvalue weighted by atomic mass is 10.2. The predicted molar refractivity (Wildman–Crippen MR) is 116 cm³/mol. The molecule has 0 radical (unpaired) electrons. The Hall–Kier alpha value is -4.04. The average Bonchev–Trinajstić information content (AvgIpc) is 3.45. The maximum atomic E-state index is 6.10. The summed E-state index contributed by atoms with van der Waals surface area (Å²) in [5.74, 6) is 0.565. The van der Waals surface area contributed by atoms with Gasteiger partial charge in [0.15, 0.2) is 11.5 Å². The van der Waals surface area contributed by atoms with Crippen LogP contribution in [-0.4, -0.2) is 35.5 Å². The third kappa shape index (κ3) is 3.51. The van der Waals surface area contributed by atoms with Crippen molar-refractivity contribution in [1.29, 1.82) is 0 Å². The van der Waals surface area contributed by atoms with E-state index in [2.05, 4.69) is 30.6 Å². The molecule has 0 aliphatic heterocycles. The summed E-state index contributed by atoms with van der Waals surface area (Å²) in [6, 6.07) is 15.4. The summed E-state index contributed by atoms with van der Waals surface area (Å²) in [5.41, 5.74) is 6.41. The zero-order chi connectivity index (χ0) is 20.3. The highest BCUT2D eigenvalue weighted by molar-refractivity contribution is 6.30. The van der Waals surface area contributed by atoms with Gasteiger partial charge in [-0.05, 0) is 35.9 Å². The fourth-order valence-corrected chi connectivity index (χ4v) is 3.26. The van der Waals surface area contributed by atoms with E-state index in [1.165, 1.54) is 6.33 Å². The second kappa shape index (κ2) is 7.76. The van der Waals surface area contributed by atoms with Crippen LogP contribution in [0.15, 0.2) is 84.9 Å². The largest absolute Gasteiger partial charge is 0.306 e. The van der Waals surface area contributed by atoms with Crippen LogP contribution in [0, 0.1) is 0 Å². The lowest BCUT2D eigenvalue weighted by molar-refractivity contribution is 0.895. The van der Waals surface area contributed by atoms with E-state index in [1.54, 1.807) is 29.6 Å². The highest BCUT2D eigenvalue weighted by Gasteiger charge is 2.11. The number of aromatic nitrogens is 6. The Balaban J connectivity index is 1.41. The minimum absolute atomic E-state index is 0.565. The van der Waals surface area contributed by atoms with E-state index in [0.29, 0.717) is 16.5 Å². The van der Waals surface area contributed by atoms with Gasteiger partial charge in [0.1, 0.15) is 6.33 Å². The molecular formula is C21H15ClN8. The van der Waals surface area contributed by atoms with Crippen LogP contribution in [0.3, 0.4) is 0 Å². The smallest absolute Gasteiger partial charge is 0.168 e. The second-order valence-electron chi connectivity index (χ2n) is 6.43. The van der Waals surface area contributed by atoms with E-state index in [0.717, 1.165) is 22.3 Å². The van der Waals surface area contributed by atoms with E-state index >= 15 is 0 Å². The first-order valence-electron chi connectivity index (χ1n) is 9.10. The molecule has 0 spiro atoms. The molecule has 9 heteroatoms. The molecule has 3 aromatic heterocycles. The topological polar surface area (TPSA) is 85.8 Å². The fourth-order valence-electron chi connectivity index (χ4n) is 3.08. The van der Waals surface area contributed by atoms with Crippen molar-refractivity contribution in [1.82, 2.24) is 29.3 Å². The molecule has 0 bridgehead atoms. The number of hydrogen-bond donors (Lipinski definition) is 1. The predicted octanol–water partition coefficient (Wildman–Crippen LogP) is 4.10. The Kier molecular flexibility index (Phi) is 4.66. The molecule has 8 nitrogen and oxygen atoms in total. The van der Waals surface area contributed by atoms with Gasteiger partial charge in [-0.2, -0.15) is 10.2 Å². The van der Waals surface area contributed by atoms with Gasteiger partial charge in [0, 0.05) is 23.1 Å². The maximum Gasteiger partial charge on any atom is 0.168 e. The van der Waals surface area contributed by atoms with Crippen LogP contribution < -0.4 is 5.43 Å². The molecule has 0 fully saturated rings. The van der Waals surface area contributed by atoms with Gasteiger partial charge in [0.2, 0.25) is 0 Å². The van der Waals surface area contributed by atoms with Gasteiger partial charge in [-0.15, -0.1) is 0 Å². The van der Waals surface area contributed by atoms with Gasteiger partial charge in [-0.3, -0.25) is 5.43 Å². The molecule has 0 unspecified atom stereocenters. The number of anilines is 1. The van der Waals surface area contributed by atoms with Crippen molar-refractivity contribution in [2.24, 2.45) is 5.10 Å². The molecule has 5 aromatic rings. The molecule has 5 rings (SSSR count). The van der Waals surface area contributed by atoms with E-state index in [1.807, 2.05) is 59.3 Å². The van der Waals surface area contributed by atoms with E-state index in [-0.39, 0.29) is 0 Å². The number of nitrogens with zero attached hydrogens (tertiary/aromatic N) is 7. The highest BCUT2D eigenvalue weighted by Crippen LogP contribution is 2.23. The molecule has 0 aliphatic carbocycles. The third-order valence-corrected chi connectivity index (χ3v) is 4.71. The highest BCUT2D eigenvalue weighted by atomic mass is 35.5. The Morgan fingerprint density at radius 1 is 1.03 bits per heavy atom. The quantitative estimate of drug-likeness (QED) is 0.345. The number of hydrazone groups is 1. The number of halogens is 1. The van der Waals surface area contributed by atoms with Gasteiger partial charge in [-0.25, -0.2) is 19.6 Å². The summed E-state index contributed by atoms with van der Waals surface area (Å²) in [7, 11) is 0. The maximum absolute atomic E-state index is 6.10. The molecule has 3 heterocycles. The van der Waals surface area contributed by atoms with Crippen molar-refractivity contribution in [3.05, 3.63) is 90.4 Å². The lowest BCUT2D eigenvalue weighted by Gasteiger charge is -2.05. The van der Waals surface area contributed by atoms with Crippen LogP contribution in [-0.2, 0) is 0 Å². The lowest BCUT2D eigenvalue weighted by Crippen LogP contribution is -1.99. The minimum atomic E-state index is 0.565. The SMILES string of the molecule is Clc1cccc(-n2ncc3c(NN=Cc4cccc(-n5ccnc5)c4)ncnc32)c1. The zero-order valence-corrected chi connectivity index (χ0v) is 16.3. The fraction of sp³-hybridized carbons (Fsp3) is 0. The Bertz CT molecular complexity index is 1340. The van der Waals surface area contributed by atoms with Crippen molar-refractivity contribution in [2.75, 3.05) is 5.43 Å². The van der Waals surface area contributed by atoms with Crippen molar-refractivity contribution < 1.29 is 0 Å². The van der Waals surface area contributed by atoms with Gasteiger partial charge in [0.05, 0.1) is 29.8 Å². The molecule has 0 amide bonds. The molecule has 146 valence electrons. The first-order valence-corrected chi connectivity index (χ1v) is 9.48. The van der Waals surface area contributed by atoms with Crippen LogP contribution >= 0.6 is 11.6 Å². The summed E-state index contributed by atoms with van der Waals surface area (Å²) in [5, 5.41) is 10.1. The molecule has 0 aliphatic rings. The standard InChI is InChI=1S/C21H15ClN8/c22-16-4-2-6-18(10-16)30-21-19(12-27-30)20(24-13-25-21)28-26-11-15-3-1-5-17(9-15)29-8-7-23-14-29/h1-14H,(H,24,25,28). The summed E-state index contributed by atoms with van der Waals surface area (Å²) >= 11 is 6.10. The van der Waals surface area contributed by atoms with Gasteiger partial charge >= 0.3 is 0 Å². The number of nitrogens with one attached hydrogen (secondary N) is 1. The third-order valence-electron chi connectivity index (χ3n) is 4.48. The van der Waals surface area contributed by atoms with E-state index in [4.69, 9.17) is 11.6 Å². The molecule has 0 saturated heterocycles. The van der Waals surface area contributed by atoms with E-state index in [9.17, 15) is 0 Å². The van der Waals surface area contributed by atoms with Crippen LogP contribution in [0.2, 0.25) is 5.02 Å². The zero-order valence-electron chi connectivity index (χ0n) is 15.6. The average molecular weight is 415 g/mol. The van der Waals surface area contributed by atoms with E-state index < -0.39 is 0 Å². The van der Waals surface area contributed by atoms with Gasteiger partial charge in [-0.1, -0.05) is 29.8 Å². The van der Waals surface area contributed by atoms with Crippen LogP contribution in [0.5, 0.6) is 0 Å². The normalized spacial score (nSPS) is 11.4. The molecular weight excluding hydrogens is 400 g/mol.